The van der Waals surface area contributed by atoms with E-state index in [2.05, 4.69) is 16.8 Å². The van der Waals surface area contributed by atoms with Crippen LogP contribution in [0.4, 0.5) is 0 Å². The van der Waals surface area contributed by atoms with Crippen LogP contribution in [0.3, 0.4) is 0 Å². The molecule has 1 saturated heterocycles. The maximum atomic E-state index is 10.3. The Morgan fingerprint density at radius 1 is 1.21 bits per heavy atom. The molecule has 0 bridgehead atoms. The molecule has 1 heterocycles. The van der Waals surface area contributed by atoms with E-state index in [9.17, 15) is 5.11 Å². The zero-order chi connectivity index (χ0) is 21.0. The number of rotatable bonds is 7. The highest BCUT2D eigenvalue weighted by molar-refractivity contribution is 6.08. The Morgan fingerprint density at radius 3 is 2.55 bits per heavy atom. The Morgan fingerprint density at radius 2 is 1.97 bits per heavy atom. The van der Waals surface area contributed by atoms with Crippen molar-refractivity contribution in [1.82, 2.24) is 9.80 Å². The maximum absolute atomic E-state index is 10.3. The summed E-state index contributed by atoms with van der Waals surface area (Å²) in [6.45, 7) is 1.87. The zero-order valence-electron chi connectivity index (χ0n) is 17.0. The lowest BCUT2D eigenvalue weighted by molar-refractivity contribution is 0.114. The Labute approximate surface area is 172 Å². The molecule has 1 aliphatic carbocycles. The minimum Gasteiger partial charge on any atom is -0.507 e. The predicted molar refractivity (Wildman–Crippen MR) is 119 cm³/mol. The van der Waals surface area contributed by atoms with Crippen molar-refractivity contribution in [2.24, 2.45) is 17.2 Å². The van der Waals surface area contributed by atoms with Crippen molar-refractivity contribution in [3.63, 3.8) is 0 Å². The Bertz CT molecular complexity index is 840. The number of allylic oxidation sites excluding steroid dienone is 3. The first kappa shape index (κ1) is 20.8. The van der Waals surface area contributed by atoms with Crippen molar-refractivity contribution in [3.8, 4) is 5.75 Å². The molecule has 2 fully saturated rings. The molecule has 2 aliphatic rings. The number of benzene rings is 1. The molecule has 1 saturated carbocycles. The van der Waals surface area contributed by atoms with Crippen molar-refractivity contribution in [2.75, 3.05) is 20.1 Å². The fourth-order valence-corrected chi connectivity index (χ4v) is 3.95. The lowest BCUT2D eigenvalue weighted by Crippen LogP contribution is -2.45. The number of aromatic hydroxyl groups is 1. The van der Waals surface area contributed by atoms with Gasteiger partial charge in [0.15, 0.2) is 0 Å². The Kier molecular flexibility index (Phi) is 6.49. The Hall–Kier alpha value is -2.93. The number of hydrogen-bond donors (Lipinski definition) is 5. The van der Waals surface area contributed by atoms with Gasteiger partial charge in [0.2, 0.25) is 0 Å². The summed E-state index contributed by atoms with van der Waals surface area (Å²) in [4.78, 5) is 4.70. The van der Waals surface area contributed by atoms with Crippen LogP contribution in [0, 0.1) is 5.41 Å². The fourth-order valence-electron chi connectivity index (χ4n) is 3.95. The van der Waals surface area contributed by atoms with E-state index in [1.54, 1.807) is 30.4 Å². The van der Waals surface area contributed by atoms with E-state index >= 15 is 0 Å². The van der Waals surface area contributed by atoms with Gasteiger partial charge >= 0.3 is 0 Å². The van der Waals surface area contributed by atoms with Crippen molar-refractivity contribution in [3.05, 3.63) is 53.5 Å². The third-order valence-electron chi connectivity index (χ3n) is 6.17. The third-order valence-corrected chi connectivity index (χ3v) is 6.17. The molecular weight excluding hydrogens is 364 g/mol. The SMILES string of the molecule is CN(C1CCC1)C1CCN(/C(N)=C/C=C(\N)c2ccc(/C(C=N)=C/N)cc2O)C1. The van der Waals surface area contributed by atoms with Crippen LogP contribution in [0.25, 0.3) is 11.3 Å². The van der Waals surface area contributed by atoms with Crippen molar-refractivity contribution >= 4 is 17.5 Å². The largest absolute Gasteiger partial charge is 0.507 e. The molecule has 29 heavy (non-hydrogen) atoms. The van der Waals surface area contributed by atoms with E-state index in [0.29, 0.717) is 34.3 Å². The summed E-state index contributed by atoms with van der Waals surface area (Å²) in [5.74, 6) is 0.721. The van der Waals surface area contributed by atoms with Crippen LogP contribution in [0.2, 0.25) is 0 Å². The smallest absolute Gasteiger partial charge is 0.125 e. The van der Waals surface area contributed by atoms with Crippen LogP contribution in [-0.2, 0) is 0 Å². The average Bonchev–Trinajstić information content (AvgIpc) is 3.16. The lowest BCUT2D eigenvalue weighted by Gasteiger charge is -2.38. The molecule has 0 amide bonds. The van der Waals surface area contributed by atoms with E-state index in [4.69, 9.17) is 22.6 Å². The summed E-state index contributed by atoms with van der Waals surface area (Å²) in [6, 6.07) is 6.31. The van der Waals surface area contributed by atoms with Gasteiger partial charge in [-0.3, -0.25) is 4.90 Å². The average molecular weight is 397 g/mol. The highest BCUT2D eigenvalue weighted by Gasteiger charge is 2.32. The van der Waals surface area contributed by atoms with E-state index in [-0.39, 0.29) is 5.75 Å². The van der Waals surface area contributed by atoms with Crippen molar-refractivity contribution < 1.29 is 5.11 Å². The van der Waals surface area contributed by atoms with Crippen LogP contribution in [0.1, 0.15) is 36.8 Å². The molecule has 0 aromatic heterocycles. The van der Waals surface area contributed by atoms with E-state index < -0.39 is 0 Å². The first-order valence-corrected chi connectivity index (χ1v) is 10.1. The molecule has 1 aromatic rings. The van der Waals surface area contributed by atoms with Crippen LogP contribution < -0.4 is 17.2 Å². The standard InChI is InChI=1S/C22H32N6O/c1-27(17-3-2-4-17)18-9-10-28(14-18)22(26)8-7-20(25)19-6-5-15(11-21(19)29)16(12-23)13-24/h5-8,11-13,17-18,23,29H,2-4,9-10,14,24-26H2,1H3/b16-13+,20-7-,22-8+,23-12?. The number of likely N-dealkylation sites (tertiary alicyclic amines) is 1. The fraction of sp³-hybridized carbons (Fsp3) is 0.409. The summed E-state index contributed by atoms with van der Waals surface area (Å²) in [5.41, 5.74) is 20.1. The molecule has 0 radical (unpaired) electrons. The molecule has 7 nitrogen and oxygen atoms in total. The number of nitrogens with two attached hydrogens (primary N) is 3. The van der Waals surface area contributed by atoms with Gasteiger partial charge in [0.25, 0.3) is 0 Å². The monoisotopic (exact) mass is 396 g/mol. The molecule has 1 atom stereocenters. The van der Waals surface area contributed by atoms with Crippen LogP contribution >= 0.6 is 0 Å². The van der Waals surface area contributed by atoms with Gasteiger partial charge in [-0.1, -0.05) is 12.5 Å². The van der Waals surface area contributed by atoms with Gasteiger partial charge in [0, 0.05) is 54.4 Å². The first-order chi connectivity index (χ1) is 13.9. The second-order valence-electron chi connectivity index (χ2n) is 7.85. The summed E-state index contributed by atoms with van der Waals surface area (Å²) in [5, 5.41) is 17.7. The first-order valence-electron chi connectivity index (χ1n) is 10.1. The molecule has 0 spiro atoms. The second kappa shape index (κ2) is 9.05. The summed E-state index contributed by atoms with van der Waals surface area (Å²) < 4.78 is 0. The van der Waals surface area contributed by atoms with E-state index in [1.807, 2.05) is 0 Å². The lowest BCUT2D eigenvalue weighted by atomic mass is 9.91. The third kappa shape index (κ3) is 4.56. The molecule has 1 unspecified atom stereocenters. The molecule has 1 aromatic carbocycles. The number of hydrogen-bond acceptors (Lipinski definition) is 7. The van der Waals surface area contributed by atoms with Gasteiger partial charge in [0.05, 0.1) is 5.82 Å². The molecular formula is C22H32N6O. The second-order valence-corrected chi connectivity index (χ2v) is 7.85. The van der Waals surface area contributed by atoms with Gasteiger partial charge < -0.3 is 32.6 Å². The molecule has 1 aliphatic heterocycles. The topological polar surface area (TPSA) is 129 Å². The quantitative estimate of drug-likeness (QED) is 0.354. The van der Waals surface area contributed by atoms with E-state index in [1.165, 1.54) is 25.5 Å². The van der Waals surface area contributed by atoms with Crippen molar-refractivity contribution in [1.29, 1.82) is 5.41 Å². The van der Waals surface area contributed by atoms with Crippen LogP contribution in [0.5, 0.6) is 5.75 Å². The summed E-state index contributed by atoms with van der Waals surface area (Å²) in [7, 11) is 2.23. The maximum Gasteiger partial charge on any atom is 0.125 e. The van der Waals surface area contributed by atoms with Gasteiger partial charge in [0.1, 0.15) is 5.75 Å². The number of phenolic OH excluding ortho intramolecular Hbond substituents is 1. The number of nitrogens with one attached hydrogen (secondary N) is 1. The van der Waals surface area contributed by atoms with Crippen LogP contribution in [0.15, 0.2) is 42.4 Å². The van der Waals surface area contributed by atoms with Gasteiger partial charge in [-0.05, 0) is 56.2 Å². The van der Waals surface area contributed by atoms with Crippen molar-refractivity contribution in [2.45, 2.75) is 37.8 Å². The number of likely N-dealkylation sites (N-methyl/N-ethyl adjacent to an activating group) is 1. The van der Waals surface area contributed by atoms with E-state index in [0.717, 1.165) is 31.8 Å². The summed E-state index contributed by atoms with van der Waals surface area (Å²) >= 11 is 0. The Balaban J connectivity index is 1.66. The van der Waals surface area contributed by atoms with Gasteiger partial charge in [-0.2, -0.15) is 0 Å². The van der Waals surface area contributed by atoms with Crippen LogP contribution in [-0.4, -0.2) is 53.3 Å². The van der Waals surface area contributed by atoms with Gasteiger partial charge in [-0.25, -0.2) is 0 Å². The molecule has 7 heteroatoms. The zero-order valence-corrected chi connectivity index (χ0v) is 17.0. The number of nitrogens with zero attached hydrogens (tertiary/aromatic N) is 2. The predicted octanol–water partition coefficient (Wildman–Crippen LogP) is 2.00. The summed E-state index contributed by atoms with van der Waals surface area (Å²) in [6.07, 6.45) is 11.1. The normalized spacial score (nSPS) is 21.5. The molecule has 8 N–H and O–H groups in total. The minimum absolute atomic E-state index is 0.0350. The number of phenols is 1. The molecule has 156 valence electrons. The highest BCUT2D eigenvalue weighted by Crippen LogP contribution is 2.29. The highest BCUT2D eigenvalue weighted by atomic mass is 16.3. The molecule has 3 rings (SSSR count). The van der Waals surface area contributed by atoms with Gasteiger partial charge in [-0.15, -0.1) is 0 Å². The minimum atomic E-state index is 0.0350.